The maximum absolute atomic E-state index is 12.4. The number of phenolic OH excluding ortho intramolecular Hbond substituents is 1. The van der Waals surface area contributed by atoms with E-state index in [0.717, 1.165) is 38.8 Å². The van der Waals surface area contributed by atoms with Gasteiger partial charge in [-0.2, -0.15) is 0 Å². The molecule has 2 aromatic rings. The third-order valence-electron chi connectivity index (χ3n) is 6.21. The molecular formula is C23H27NO3. The van der Waals surface area contributed by atoms with Crippen molar-refractivity contribution in [2.45, 2.75) is 31.3 Å². The molecule has 2 N–H and O–H groups in total. The second kappa shape index (κ2) is 7.45. The average Bonchev–Trinajstić information content (AvgIpc) is 3.16. The van der Waals surface area contributed by atoms with Crippen LogP contribution in [-0.2, 0) is 6.42 Å². The van der Waals surface area contributed by atoms with Crippen LogP contribution >= 0.6 is 0 Å². The SMILES string of the molecule is O=C(CN1CC2CC(O)(CCc3ccccc3)CC2C1)c1ccc(O)cc1. The van der Waals surface area contributed by atoms with Crippen molar-refractivity contribution >= 4 is 5.78 Å². The Labute approximate surface area is 160 Å². The standard InChI is InChI=1S/C23H27NO3/c25-21-8-6-18(7-9-21)22(26)16-24-14-19-12-23(27,13-20(19)15-24)11-10-17-4-2-1-3-5-17/h1-9,19-20,25,27H,10-16H2. The highest BCUT2D eigenvalue weighted by Gasteiger charge is 2.47. The summed E-state index contributed by atoms with van der Waals surface area (Å²) in [6, 6.07) is 16.8. The van der Waals surface area contributed by atoms with Crippen LogP contribution in [0.1, 0.15) is 35.2 Å². The molecule has 4 rings (SSSR count). The van der Waals surface area contributed by atoms with Crippen molar-refractivity contribution in [1.82, 2.24) is 4.90 Å². The molecule has 1 aliphatic carbocycles. The lowest BCUT2D eigenvalue weighted by molar-refractivity contribution is 0.0271. The zero-order chi connectivity index (χ0) is 18.9. The largest absolute Gasteiger partial charge is 0.508 e. The summed E-state index contributed by atoms with van der Waals surface area (Å²) in [5.41, 5.74) is 1.37. The van der Waals surface area contributed by atoms with Crippen LogP contribution in [0, 0.1) is 11.8 Å². The molecule has 0 radical (unpaired) electrons. The molecule has 0 aromatic heterocycles. The first-order valence-corrected chi connectivity index (χ1v) is 9.82. The molecule has 2 unspecified atom stereocenters. The second-order valence-corrected chi connectivity index (χ2v) is 8.30. The van der Waals surface area contributed by atoms with Crippen LogP contribution in [0.25, 0.3) is 0 Å². The Morgan fingerprint density at radius 2 is 1.63 bits per heavy atom. The van der Waals surface area contributed by atoms with Crippen LogP contribution in [-0.4, -0.2) is 46.1 Å². The molecule has 1 heterocycles. The van der Waals surface area contributed by atoms with Crippen LogP contribution in [0.15, 0.2) is 54.6 Å². The second-order valence-electron chi connectivity index (χ2n) is 8.30. The van der Waals surface area contributed by atoms with E-state index in [9.17, 15) is 15.0 Å². The maximum Gasteiger partial charge on any atom is 0.176 e. The summed E-state index contributed by atoms with van der Waals surface area (Å²) in [5, 5.41) is 20.4. The summed E-state index contributed by atoms with van der Waals surface area (Å²) < 4.78 is 0. The first kappa shape index (κ1) is 18.2. The number of carbonyl (C=O) groups is 1. The van der Waals surface area contributed by atoms with Gasteiger partial charge < -0.3 is 10.2 Å². The normalized spacial score (nSPS) is 27.6. The number of ketones is 1. The molecule has 0 spiro atoms. The number of nitrogens with zero attached hydrogens (tertiary/aromatic N) is 1. The molecule has 4 heteroatoms. The molecule has 2 aliphatic rings. The van der Waals surface area contributed by atoms with Crippen molar-refractivity contribution in [2.24, 2.45) is 11.8 Å². The smallest absolute Gasteiger partial charge is 0.176 e. The highest BCUT2D eigenvalue weighted by Crippen LogP contribution is 2.45. The number of hydrogen-bond acceptors (Lipinski definition) is 4. The van der Waals surface area contributed by atoms with Gasteiger partial charge in [0.1, 0.15) is 5.75 Å². The quantitative estimate of drug-likeness (QED) is 0.772. The molecule has 142 valence electrons. The predicted octanol–water partition coefficient (Wildman–Crippen LogP) is 3.28. The number of aliphatic hydroxyl groups is 1. The van der Waals surface area contributed by atoms with Crippen LogP contribution in [0.4, 0.5) is 0 Å². The summed E-state index contributed by atoms with van der Waals surface area (Å²) in [7, 11) is 0. The third-order valence-corrected chi connectivity index (χ3v) is 6.21. The topological polar surface area (TPSA) is 60.8 Å². The Kier molecular flexibility index (Phi) is 5.02. The van der Waals surface area contributed by atoms with Crippen molar-refractivity contribution in [3.05, 3.63) is 65.7 Å². The highest BCUT2D eigenvalue weighted by atomic mass is 16.3. The summed E-state index contributed by atoms with van der Waals surface area (Å²) in [6.45, 7) is 2.20. The van der Waals surface area contributed by atoms with E-state index in [1.54, 1.807) is 24.3 Å². The molecular weight excluding hydrogens is 338 g/mol. The molecule has 2 aromatic carbocycles. The van der Waals surface area contributed by atoms with Gasteiger partial charge in [0.15, 0.2) is 5.78 Å². The van der Waals surface area contributed by atoms with E-state index in [0.29, 0.717) is 23.9 Å². The fourth-order valence-electron chi connectivity index (χ4n) is 4.85. The monoisotopic (exact) mass is 365 g/mol. The lowest BCUT2D eigenvalue weighted by Gasteiger charge is -2.26. The minimum Gasteiger partial charge on any atom is -0.508 e. The zero-order valence-electron chi connectivity index (χ0n) is 15.6. The molecule has 27 heavy (non-hydrogen) atoms. The number of Topliss-reactive ketones (excluding diaryl/α,β-unsaturated/α-hetero) is 1. The molecule has 4 nitrogen and oxygen atoms in total. The first-order valence-electron chi connectivity index (χ1n) is 9.82. The molecule has 1 saturated heterocycles. The number of likely N-dealkylation sites (tertiary alicyclic amines) is 1. The van der Waals surface area contributed by atoms with E-state index in [4.69, 9.17) is 0 Å². The maximum atomic E-state index is 12.4. The number of carbonyl (C=O) groups excluding carboxylic acids is 1. The van der Waals surface area contributed by atoms with Crippen molar-refractivity contribution in [3.63, 3.8) is 0 Å². The van der Waals surface area contributed by atoms with Crippen LogP contribution in [0.5, 0.6) is 5.75 Å². The van der Waals surface area contributed by atoms with Gasteiger partial charge in [0.2, 0.25) is 0 Å². The van der Waals surface area contributed by atoms with Gasteiger partial charge >= 0.3 is 0 Å². The minimum absolute atomic E-state index is 0.0920. The van der Waals surface area contributed by atoms with Crippen molar-refractivity contribution in [1.29, 1.82) is 0 Å². The average molecular weight is 365 g/mol. The van der Waals surface area contributed by atoms with Crippen molar-refractivity contribution in [3.8, 4) is 5.75 Å². The molecule has 2 fully saturated rings. The number of rotatable bonds is 6. The summed E-state index contributed by atoms with van der Waals surface area (Å²) in [5.74, 6) is 1.24. The Bertz CT molecular complexity index is 773. The fourth-order valence-corrected chi connectivity index (χ4v) is 4.85. The highest BCUT2D eigenvalue weighted by molar-refractivity contribution is 5.97. The van der Waals surface area contributed by atoms with Gasteiger partial charge in [0, 0.05) is 18.7 Å². The van der Waals surface area contributed by atoms with Crippen molar-refractivity contribution < 1.29 is 15.0 Å². The number of aromatic hydroxyl groups is 1. The zero-order valence-corrected chi connectivity index (χ0v) is 15.6. The molecule has 1 saturated carbocycles. The summed E-state index contributed by atoms with van der Waals surface area (Å²) >= 11 is 0. The van der Waals surface area contributed by atoms with Gasteiger partial charge in [-0.25, -0.2) is 0 Å². The van der Waals surface area contributed by atoms with Crippen LogP contribution in [0.2, 0.25) is 0 Å². The van der Waals surface area contributed by atoms with Crippen LogP contribution < -0.4 is 0 Å². The molecule has 1 aliphatic heterocycles. The molecule has 0 amide bonds. The lowest BCUT2D eigenvalue weighted by atomic mass is 9.91. The minimum atomic E-state index is -0.557. The van der Waals surface area contributed by atoms with Gasteiger partial charge in [-0.3, -0.25) is 9.69 Å². The van der Waals surface area contributed by atoms with Gasteiger partial charge in [-0.15, -0.1) is 0 Å². The van der Waals surface area contributed by atoms with Crippen molar-refractivity contribution in [2.75, 3.05) is 19.6 Å². The lowest BCUT2D eigenvalue weighted by Crippen LogP contribution is -2.33. The van der Waals surface area contributed by atoms with E-state index in [1.807, 2.05) is 18.2 Å². The Morgan fingerprint density at radius 1 is 1.00 bits per heavy atom. The van der Waals surface area contributed by atoms with E-state index in [2.05, 4.69) is 17.0 Å². The fraction of sp³-hybridized carbons (Fsp3) is 0.435. The summed E-state index contributed by atoms with van der Waals surface area (Å²) in [4.78, 5) is 14.7. The van der Waals surface area contributed by atoms with E-state index < -0.39 is 5.60 Å². The van der Waals surface area contributed by atoms with E-state index >= 15 is 0 Å². The Morgan fingerprint density at radius 3 is 2.26 bits per heavy atom. The van der Waals surface area contributed by atoms with Gasteiger partial charge in [-0.05, 0) is 67.3 Å². The number of phenols is 1. The summed E-state index contributed by atoms with van der Waals surface area (Å²) in [6.07, 6.45) is 3.42. The van der Waals surface area contributed by atoms with E-state index in [1.165, 1.54) is 5.56 Å². The van der Waals surface area contributed by atoms with Gasteiger partial charge in [-0.1, -0.05) is 30.3 Å². The third kappa shape index (κ3) is 4.23. The number of fused-ring (bicyclic) bond motifs is 1. The molecule has 2 atom stereocenters. The number of benzene rings is 2. The number of aryl methyl sites for hydroxylation is 1. The predicted molar refractivity (Wildman–Crippen MR) is 105 cm³/mol. The van der Waals surface area contributed by atoms with E-state index in [-0.39, 0.29) is 11.5 Å². The van der Waals surface area contributed by atoms with Crippen LogP contribution in [0.3, 0.4) is 0 Å². The van der Waals surface area contributed by atoms with Gasteiger partial charge in [0.25, 0.3) is 0 Å². The Hall–Kier alpha value is -2.17. The Balaban J connectivity index is 1.29. The van der Waals surface area contributed by atoms with Gasteiger partial charge in [0.05, 0.1) is 12.1 Å². The first-order chi connectivity index (χ1) is 13.0. The number of hydrogen-bond donors (Lipinski definition) is 2. The molecule has 0 bridgehead atoms.